The number of hydrogen-bond acceptors (Lipinski definition) is 3. The molecule has 0 amide bonds. The van der Waals surface area contributed by atoms with Crippen LogP contribution in [0.2, 0.25) is 0 Å². The van der Waals surface area contributed by atoms with Crippen LogP contribution in [0.5, 0.6) is 0 Å². The van der Waals surface area contributed by atoms with Gasteiger partial charge in [-0.15, -0.1) is 6.58 Å². The summed E-state index contributed by atoms with van der Waals surface area (Å²) in [4.78, 5) is 34.0. The van der Waals surface area contributed by atoms with Gasteiger partial charge >= 0.3 is 17.9 Å². The molecule has 3 atom stereocenters. The number of carbonyl (C=O) groups is 3. The summed E-state index contributed by atoms with van der Waals surface area (Å²) < 4.78 is 0.597. The van der Waals surface area contributed by atoms with Gasteiger partial charge in [0.25, 0.3) is 0 Å². The lowest BCUT2D eigenvalue weighted by atomic mass is 10.0. The van der Waals surface area contributed by atoms with Gasteiger partial charge in [-0.2, -0.15) is 0 Å². The fourth-order valence-corrected chi connectivity index (χ4v) is 3.71. The van der Waals surface area contributed by atoms with Crippen LogP contribution in [0, 0.1) is 17.8 Å². The number of carboxylic acid groups (broad SMARTS) is 3. The van der Waals surface area contributed by atoms with E-state index in [0.717, 1.165) is 45.1 Å². The third-order valence-electron chi connectivity index (χ3n) is 6.41. The molecule has 0 spiro atoms. The van der Waals surface area contributed by atoms with Crippen molar-refractivity contribution in [3.8, 4) is 0 Å². The van der Waals surface area contributed by atoms with Gasteiger partial charge in [-0.05, 0) is 25.7 Å². The molecule has 0 radical (unpaired) electrons. The highest BCUT2D eigenvalue weighted by atomic mass is 16.4. The Bertz CT molecular complexity index is 502. The van der Waals surface area contributed by atoms with Crippen LogP contribution < -0.4 is 0 Å². The van der Waals surface area contributed by atoms with Crippen molar-refractivity contribution in [2.24, 2.45) is 17.8 Å². The topological polar surface area (TPSA) is 112 Å². The predicted molar refractivity (Wildman–Crippen MR) is 122 cm³/mol. The van der Waals surface area contributed by atoms with Crippen LogP contribution in [0.4, 0.5) is 0 Å². The highest BCUT2D eigenvalue weighted by molar-refractivity contribution is 5.70. The van der Waals surface area contributed by atoms with Crippen molar-refractivity contribution in [3.05, 3.63) is 12.7 Å². The molecule has 0 aromatic heterocycles. The number of hydrogen-bond donors (Lipinski definition) is 3. The van der Waals surface area contributed by atoms with Crippen molar-refractivity contribution < 1.29 is 34.2 Å². The van der Waals surface area contributed by atoms with Gasteiger partial charge in [0.05, 0.1) is 43.9 Å². The van der Waals surface area contributed by atoms with Crippen molar-refractivity contribution in [2.75, 3.05) is 26.2 Å². The van der Waals surface area contributed by atoms with E-state index in [1.165, 1.54) is 0 Å². The van der Waals surface area contributed by atoms with Crippen LogP contribution in [-0.4, -0.2) is 63.9 Å². The van der Waals surface area contributed by atoms with Gasteiger partial charge in [-0.3, -0.25) is 14.4 Å². The number of allylic oxidation sites excluding steroid dienone is 1. The normalized spacial score (nSPS) is 16.1. The lowest BCUT2D eigenvalue weighted by Crippen LogP contribution is -2.52. The quantitative estimate of drug-likeness (QED) is 0.144. The first-order valence-electron chi connectivity index (χ1n) is 11.7. The summed E-state index contributed by atoms with van der Waals surface area (Å²) in [5, 5.41) is 27.9. The molecule has 0 aliphatic rings. The Morgan fingerprint density at radius 1 is 0.677 bits per heavy atom. The Morgan fingerprint density at radius 2 is 1.03 bits per heavy atom. The Morgan fingerprint density at radius 3 is 1.39 bits per heavy atom. The summed E-state index contributed by atoms with van der Waals surface area (Å²) in [6, 6.07) is 0. The van der Waals surface area contributed by atoms with Crippen LogP contribution in [-0.2, 0) is 14.4 Å². The Labute approximate surface area is 187 Å². The zero-order valence-electron chi connectivity index (χ0n) is 19.7. The number of carboxylic acids is 3. The van der Waals surface area contributed by atoms with Crippen LogP contribution in [0.15, 0.2) is 12.7 Å². The van der Waals surface area contributed by atoms with Crippen LogP contribution in [0.25, 0.3) is 0 Å². The minimum Gasteiger partial charge on any atom is -0.481 e. The number of aliphatic carboxylic acids is 3. The van der Waals surface area contributed by atoms with Crippen molar-refractivity contribution in [1.29, 1.82) is 0 Å². The predicted octanol–water partition coefficient (Wildman–Crippen LogP) is 4.66. The maximum Gasteiger partial charge on any atom is 0.306 e. The van der Waals surface area contributed by atoms with Crippen LogP contribution in [0.3, 0.4) is 0 Å². The molecule has 0 bridgehead atoms. The molecule has 0 rings (SSSR count). The van der Waals surface area contributed by atoms with E-state index < -0.39 is 35.7 Å². The van der Waals surface area contributed by atoms with Crippen molar-refractivity contribution >= 4 is 17.9 Å². The maximum atomic E-state index is 11.3. The van der Waals surface area contributed by atoms with E-state index in [4.69, 9.17) is 0 Å². The van der Waals surface area contributed by atoms with Crippen molar-refractivity contribution in [1.82, 2.24) is 0 Å². The lowest BCUT2D eigenvalue weighted by molar-refractivity contribution is -0.929. The molecule has 0 saturated carbocycles. The first-order valence-corrected chi connectivity index (χ1v) is 11.7. The molecule has 31 heavy (non-hydrogen) atoms. The highest BCUT2D eigenvalue weighted by Crippen LogP contribution is 2.21. The van der Waals surface area contributed by atoms with Crippen LogP contribution >= 0.6 is 0 Å². The third-order valence-corrected chi connectivity index (χ3v) is 6.41. The standard InChI is InChI=1S/C24H43NO6/c1-5-6-7-8-9-10-11-15-25(16-12-19(2)22(26)27,17-13-20(3)23(28)29)18-14-21(4)24(30)31/h5,19-21H,1,6-18H2,2-4H3,(H2-,26,27,28,29,30,31)/p+1. The monoisotopic (exact) mass is 442 g/mol. The second kappa shape index (κ2) is 15.8. The van der Waals surface area contributed by atoms with Crippen molar-refractivity contribution in [2.45, 2.75) is 78.6 Å². The van der Waals surface area contributed by atoms with Gasteiger partial charge in [-0.25, -0.2) is 0 Å². The van der Waals surface area contributed by atoms with E-state index in [1.807, 2.05) is 6.08 Å². The third kappa shape index (κ3) is 13.2. The molecule has 0 fully saturated rings. The smallest absolute Gasteiger partial charge is 0.306 e. The lowest BCUT2D eigenvalue weighted by Gasteiger charge is -2.40. The van der Waals surface area contributed by atoms with Gasteiger partial charge < -0.3 is 19.8 Å². The zero-order chi connectivity index (χ0) is 23.9. The van der Waals surface area contributed by atoms with Gasteiger partial charge in [-0.1, -0.05) is 39.7 Å². The van der Waals surface area contributed by atoms with E-state index >= 15 is 0 Å². The molecule has 180 valence electrons. The fraction of sp³-hybridized carbons (Fsp3) is 0.792. The average molecular weight is 443 g/mol. The first kappa shape index (κ1) is 29.1. The largest absolute Gasteiger partial charge is 0.481 e. The molecular weight excluding hydrogens is 398 g/mol. The number of nitrogens with zero attached hydrogens (tertiary/aromatic N) is 1. The molecule has 7 heteroatoms. The SMILES string of the molecule is C=CCCCCCCC[N+](CCC(C)C(=O)O)(CCC(C)C(=O)O)CCC(C)C(=O)O. The Hall–Kier alpha value is -1.89. The summed E-state index contributed by atoms with van der Waals surface area (Å²) in [5.74, 6) is -3.95. The van der Waals surface area contributed by atoms with E-state index in [1.54, 1.807) is 20.8 Å². The first-order chi connectivity index (χ1) is 14.5. The molecule has 0 aromatic carbocycles. The van der Waals surface area contributed by atoms with E-state index in [-0.39, 0.29) is 0 Å². The average Bonchev–Trinajstić information content (AvgIpc) is 2.72. The minimum atomic E-state index is -0.835. The summed E-state index contributed by atoms with van der Waals surface area (Å²) in [6.45, 7) is 11.5. The molecule has 0 aliphatic heterocycles. The van der Waals surface area contributed by atoms with Crippen LogP contribution in [0.1, 0.15) is 78.6 Å². The molecule has 0 aliphatic carbocycles. The number of unbranched alkanes of at least 4 members (excludes halogenated alkanes) is 5. The molecule has 0 aromatic rings. The van der Waals surface area contributed by atoms with Gasteiger partial charge in [0.15, 0.2) is 0 Å². The van der Waals surface area contributed by atoms with Gasteiger partial charge in [0.1, 0.15) is 0 Å². The molecule has 0 heterocycles. The second-order valence-corrected chi connectivity index (χ2v) is 9.17. The molecule has 0 saturated heterocycles. The number of rotatable bonds is 20. The van der Waals surface area contributed by atoms with Crippen molar-refractivity contribution in [3.63, 3.8) is 0 Å². The summed E-state index contributed by atoms with van der Waals surface area (Å²) in [7, 11) is 0. The minimum absolute atomic E-state index is 0.481. The Kier molecular flexibility index (Phi) is 14.9. The van der Waals surface area contributed by atoms with Gasteiger partial charge in [0.2, 0.25) is 0 Å². The maximum absolute atomic E-state index is 11.3. The van der Waals surface area contributed by atoms with Gasteiger partial charge in [0, 0.05) is 19.3 Å². The fourth-order valence-electron chi connectivity index (χ4n) is 3.71. The second-order valence-electron chi connectivity index (χ2n) is 9.17. The van der Waals surface area contributed by atoms with E-state index in [0.29, 0.717) is 43.4 Å². The molecule has 3 N–H and O–H groups in total. The number of quaternary nitrogens is 1. The molecule has 3 unspecified atom stereocenters. The molecule has 7 nitrogen and oxygen atoms in total. The van der Waals surface area contributed by atoms with E-state index in [2.05, 4.69) is 6.58 Å². The Balaban J connectivity index is 5.26. The van der Waals surface area contributed by atoms with E-state index in [9.17, 15) is 29.7 Å². The zero-order valence-corrected chi connectivity index (χ0v) is 19.7. The highest BCUT2D eigenvalue weighted by Gasteiger charge is 2.31. The summed E-state index contributed by atoms with van der Waals surface area (Å²) in [6.07, 6.45) is 9.88. The summed E-state index contributed by atoms with van der Waals surface area (Å²) >= 11 is 0. The summed E-state index contributed by atoms with van der Waals surface area (Å²) in [5.41, 5.74) is 0. The molecular formula is C24H44NO6+.